The first-order valence-electron chi connectivity index (χ1n) is 9.95. The highest BCUT2D eigenvalue weighted by molar-refractivity contribution is 7.16. The fourth-order valence-corrected chi connectivity index (χ4v) is 4.41. The zero-order valence-electron chi connectivity index (χ0n) is 18.1. The quantitative estimate of drug-likeness (QED) is 0.395. The molecule has 1 fully saturated rings. The summed E-state index contributed by atoms with van der Waals surface area (Å²) in [6, 6.07) is 4.01. The van der Waals surface area contributed by atoms with E-state index in [1.165, 1.54) is 11.0 Å². The summed E-state index contributed by atoms with van der Waals surface area (Å²) in [6.07, 6.45) is -10.4. The van der Waals surface area contributed by atoms with Crippen molar-refractivity contribution in [2.45, 2.75) is 37.2 Å². The monoisotopic (exact) mass is 539 g/mol. The molecule has 3 aromatic heterocycles. The number of rotatable bonds is 5. The number of hydrogen-bond acceptors (Lipinski definition) is 6. The SMILES string of the molecule is CN(C(=O)c1cc(-c2cc(-c3c(C(F)(F)F)c(C(F)(F)C(F)(F)F)nn3C)no2)sc1C#N)C1CC1. The van der Waals surface area contributed by atoms with E-state index in [4.69, 9.17) is 4.52 Å². The van der Waals surface area contributed by atoms with Gasteiger partial charge in [0.25, 0.3) is 5.91 Å². The molecule has 0 aliphatic heterocycles. The maximum Gasteiger partial charge on any atom is 0.459 e. The molecule has 7 nitrogen and oxygen atoms in total. The first kappa shape index (κ1) is 25.6. The van der Waals surface area contributed by atoms with Gasteiger partial charge in [-0.3, -0.25) is 9.48 Å². The molecule has 16 heteroatoms. The molecule has 3 heterocycles. The number of amides is 1. The summed E-state index contributed by atoms with van der Waals surface area (Å²) in [5.41, 5.74) is -6.74. The van der Waals surface area contributed by atoms with Gasteiger partial charge in [-0.05, 0) is 18.9 Å². The van der Waals surface area contributed by atoms with E-state index < -0.39 is 46.8 Å². The molecule has 1 amide bonds. The van der Waals surface area contributed by atoms with Crippen molar-refractivity contribution in [2.75, 3.05) is 7.05 Å². The Labute approximate surface area is 200 Å². The van der Waals surface area contributed by atoms with Gasteiger partial charge in [-0.1, -0.05) is 5.16 Å². The zero-order valence-corrected chi connectivity index (χ0v) is 18.9. The highest BCUT2D eigenvalue weighted by Crippen LogP contribution is 2.50. The highest BCUT2D eigenvalue weighted by atomic mass is 32.1. The molecule has 36 heavy (non-hydrogen) atoms. The second kappa shape index (κ2) is 8.29. The minimum Gasteiger partial charge on any atom is -0.355 e. The van der Waals surface area contributed by atoms with Gasteiger partial charge in [0, 0.05) is 26.2 Å². The molecule has 192 valence electrons. The number of aryl methyl sites for hydroxylation is 1. The van der Waals surface area contributed by atoms with Gasteiger partial charge >= 0.3 is 18.3 Å². The van der Waals surface area contributed by atoms with Crippen LogP contribution in [0.2, 0.25) is 0 Å². The van der Waals surface area contributed by atoms with Crippen molar-refractivity contribution in [1.82, 2.24) is 19.8 Å². The Balaban J connectivity index is 1.79. The van der Waals surface area contributed by atoms with Gasteiger partial charge in [0.05, 0.1) is 10.4 Å². The third-order valence-corrected chi connectivity index (χ3v) is 6.51. The first-order chi connectivity index (χ1) is 16.6. The molecule has 0 aromatic carbocycles. The zero-order chi connectivity index (χ0) is 26.8. The Hall–Kier alpha value is -3.48. The van der Waals surface area contributed by atoms with Crippen LogP contribution in [0.15, 0.2) is 16.7 Å². The summed E-state index contributed by atoms with van der Waals surface area (Å²) in [6.45, 7) is 0. The summed E-state index contributed by atoms with van der Waals surface area (Å²) in [5.74, 6) is -6.60. The number of carbonyl (C=O) groups is 1. The van der Waals surface area contributed by atoms with E-state index in [0.29, 0.717) is 0 Å². The van der Waals surface area contributed by atoms with Gasteiger partial charge < -0.3 is 9.42 Å². The van der Waals surface area contributed by atoms with E-state index >= 15 is 0 Å². The Morgan fingerprint density at radius 2 is 1.83 bits per heavy atom. The second-order valence-electron chi connectivity index (χ2n) is 7.95. The summed E-state index contributed by atoms with van der Waals surface area (Å²) in [5, 5.41) is 15.6. The molecule has 0 N–H and O–H groups in total. The molecule has 1 aliphatic rings. The Kier molecular flexibility index (Phi) is 5.90. The van der Waals surface area contributed by atoms with Crippen LogP contribution in [-0.4, -0.2) is 45.0 Å². The van der Waals surface area contributed by atoms with Crippen molar-refractivity contribution in [3.8, 4) is 28.1 Å². The molecule has 1 saturated carbocycles. The fraction of sp³-hybridized carbons (Fsp3) is 0.400. The fourth-order valence-electron chi connectivity index (χ4n) is 3.52. The van der Waals surface area contributed by atoms with E-state index in [1.54, 1.807) is 7.05 Å². The lowest BCUT2D eigenvalue weighted by molar-refractivity contribution is -0.292. The number of thiophene rings is 1. The van der Waals surface area contributed by atoms with Crippen LogP contribution in [0, 0.1) is 11.3 Å². The standard InChI is InChI=1S/C20H13F8N5O2S/c1-32(8-3-4-8)17(34)9-5-12(36-13(9)7-29)11-6-10(31-35-11)15-14(19(23,24)25)16(30-33(15)2)18(21,22)20(26,27)28/h5-6,8H,3-4H2,1-2H3. The summed E-state index contributed by atoms with van der Waals surface area (Å²) >= 11 is 0.770. The van der Waals surface area contributed by atoms with Crippen LogP contribution in [0.3, 0.4) is 0 Å². The van der Waals surface area contributed by atoms with Gasteiger partial charge in [-0.2, -0.15) is 45.5 Å². The predicted octanol–water partition coefficient (Wildman–Crippen LogP) is 5.58. The van der Waals surface area contributed by atoms with Gasteiger partial charge in [0.15, 0.2) is 11.5 Å². The van der Waals surface area contributed by atoms with Crippen molar-refractivity contribution in [2.24, 2.45) is 7.05 Å². The minimum absolute atomic E-state index is 0.0101. The number of alkyl halides is 8. The van der Waals surface area contributed by atoms with Gasteiger partial charge in [0.2, 0.25) is 0 Å². The third-order valence-electron chi connectivity index (χ3n) is 5.46. The van der Waals surface area contributed by atoms with Crippen molar-refractivity contribution >= 4 is 17.2 Å². The van der Waals surface area contributed by atoms with E-state index in [2.05, 4.69) is 10.3 Å². The maximum atomic E-state index is 13.9. The molecule has 3 aromatic rings. The molecular formula is C20H13F8N5O2S. The van der Waals surface area contributed by atoms with Crippen LogP contribution in [0.1, 0.15) is 39.3 Å². The van der Waals surface area contributed by atoms with E-state index in [-0.39, 0.29) is 31.8 Å². The van der Waals surface area contributed by atoms with Crippen LogP contribution in [-0.2, 0) is 19.1 Å². The number of aromatic nitrogens is 3. The second-order valence-corrected chi connectivity index (χ2v) is 9.01. The van der Waals surface area contributed by atoms with Crippen molar-refractivity contribution in [1.29, 1.82) is 5.26 Å². The maximum absolute atomic E-state index is 13.9. The highest BCUT2D eigenvalue weighted by Gasteiger charge is 2.64. The molecular weight excluding hydrogens is 526 g/mol. The Bertz CT molecular complexity index is 1370. The van der Waals surface area contributed by atoms with Crippen LogP contribution < -0.4 is 0 Å². The number of nitrogens with zero attached hydrogens (tertiary/aromatic N) is 5. The molecule has 4 rings (SSSR count). The summed E-state index contributed by atoms with van der Waals surface area (Å²) in [4.78, 5) is 14.2. The Morgan fingerprint density at radius 3 is 2.36 bits per heavy atom. The minimum atomic E-state index is -6.34. The van der Waals surface area contributed by atoms with Crippen LogP contribution in [0.5, 0.6) is 0 Å². The van der Waals surface area contributed by atoms with Gasteiger partial charge in [0.1, 0.15) is 27.9 Å². The van der Waals surface area contributed by atoms with E-state index in [0.717, 1.165) is 37.3 Å². The lowest BCUT2D eigenvalue weighted by Crippen LogP contribution is -2.36. The van der Waals surface area contributed by atoms with Gasteiger partial charge in [-0.15, -0.1) is 11.3 Å². The van der Waals surface area contributed by atoms with Crippen molar-refractivity contribution in [3.63, 3.8) is 0 Å². The van der Waals surface area contributed by atoms with Crippen LogP contribution >= 0.6 is 11.3 Å². The van der Waals surface area contributed by atoms with E-state index in [1.807, 2.05) is 6.07 Å². The van der Waals surface area contributed by atoms with Gasteiger partial charge in [-0.25, -0.2) is 0 Å². The molecule has 0 saturated heterocycles. The average molecular weight is 539 g/mol. The van der Waals surface area contributed by atoms with E-state index in [9.17, 15) is 45.2 Å². The summed E-state index contributed by atoms with van der Waals surface area (Å²) in [7, 11) is 2.30. The number of halogens is 8. The largest absolute Gasteiger partial charge is 0.459 e. The number of nitriles is 1. The first-order valence-corrected chi connectivity index (χ1v) is 10.8. The molecule has 0 radical (unpaired) electrons. The number of hydrogen-bond donors (Lipinski definition) is 0. The topological polar surface area (TPSA) is 87.9 Å². The predicted molar refractivity (Wildman–Crippen MR) is 107 cm³/mol. The molecule has 1 aliphatic carbocycles. The van der Waals surface area contributed by atoms with Crippen LogP contribution in [0.4, 0.5) is 35.1 Å². The molecule has 0 spiro atoms. The lowest BCUT2D eigenvalue weighted by Gasteiger charge is -2.19. The lowest BCUT2D eigenvalue weighted by atomic mass is 10.0. The average Bonchev–Trinajstić information content (AvgIpc) is 3.18. The molecule has 0 unspecified atom stereocenters. The molecule has 0 atom stereocenters. The smallest absolute Gasteiger partial charge is 0.355 e. The number of carbonyl (C=O) groups excluding carboxylic acids is 1. The van der Waals surface area contributed by atoms with Crippen molar-refractivity contribution < 1.29 is 44.4 Å². The summed E-state index contributed by atoms with van der Waals surface area (Å²) < 4.78 is 113. The third kappa shape index (κ3) is 4.21. The van der Waals surface area contributed by atoms with Crippen molar-refractivity contribution in [3.05, 3.63) is 33.8 Å². The molecule has 0 bridgehead atoms. The van der Waals surface area contributed by atoms with Crippen LogP contribution in [0.25, 0.3) is 22.0 Å². The Morgan fingerprint density at radius 1 is 1.19 bits per heavy atom. The normalized spacial score (nSPS) is 14.7.